The second-order valence-corrected chi connectivity index (χ2v) is 8.10. The number of benzene rings is 1. The highest BCUT2D eigenvalue weighted by Crippen LogP contribution is 2.27. The van der Waals surface area contributed by atoms with E-state index < -0.39 is 0 Å². The molecule has 0 radical (unpaired) electrons. The van der Waals surface area contributed by atoms with Gasteiger partial charge < -0.3 is 20.7 Å². The predicted octanol–water partition coefficient (Wildman–Crippen LogP) is 3.62. The van der Waals surface area contributed by atoms with Gasteiger partial charge in [0.05, 0.1) is 22.0 Å². The van der Waals surface area contributed by atoms with Crippen LogP contribution in [0.2, 0.25) is 10.0 Å². The number of hydrogen-bond donors (Lipinski definition) is 3. The van der Waals surface area contributed by atoms with Crippen LogP contribution >= 0.6 is 23.2 Å². The van der Waals surface area contributed by atoms with Gasteiger partial charge in [-0.25, -0.2) is 0 Å². The zero-order valence-electron chi connectivity index (χ0n) is 17.5. The van der Waals surface area contributed by atoms with Gasteiger partial charge >= 0.3 is 0 Å². The first-order chi connectivity index (χ1) is 15.1. The third-order valence-corrected chi connectivity index (χ3v) is 5.61. The van der Waals surface area contributed by atoms with Crippen molar-refractivity contribution in [3.63, 3.8) is 0 Å². The molecule has 166 valence electrons. The molecule has 3 rings (SSSR count). The van der Waals surface area contributed by atoms with Crippen molar-refractivity contribution in [2.75, 3.05) is 33.3 Å². The second kappa shape index (κ2) is 12.0. The van der Waals surface area contributed by atoms with Crippen LogP contribution in [0.15, 0.2) is 35.5 Å². The molecule has 1 aliphatic rings. The number of pyridine rings is 1. The maximum absolute atomic E-state index is 12.3. The van der Waals surface area contributed by atoms with Crippen molar-refractivity contribution in [3.05, 3.63) is 51.8 Å². The van der Waals surface area contributed by atoms with Crippen LogP contribution in [0.3, 0.4) is 0 Å². The van der Waals surface area contributed by atoms with E-state index in [4.69, 9.17) is 27.9 Å². The molecule has 0 atom stereocenters. The fourth-order valence-electron chi connectivity index (χ4n) is 3.42. The third-order valence-electron chi connectivity index (χ3n) is 5.08. The van der Waals surface area contributed by atoms with Crippen molar-refractivity contribution >= 4 is 41.0 Å². The Morgan fingerprint density at radius 2 is 2.13 bits per heavy atom. The summed E-state index contributed by atoms with van der Waals surface area (Å²) in [6.07, 6.45) is 5.56. The number of amides is 1. The largest absolute Gasteiger partial charge is 0.486 e. The molecule has 1 amide bonds. The minimum Gasteiger partial charge on any atom is -0.486 e. The van der Waals surface area contributed by atoms with E-state index in [1.165, 1.54) is 0 Å². The molecule has 1 fully saturated rings. The minimum atomic E-state index is -0.212. The summed E-state index contributed by atoms with van der Waals surface area (Å²) in [5, 5.41) is 10.5. The van der Waals surface area contributed by atoms with Gasteiger partial charge in [0.2, 0.25) is 0 Å². The van der Waals surface area contributed by atoms with E-state index in [9.17, 15) is 4.79 Å². The molecular formula is C22H27Cl2N5O2. The smallest absolute Gasteiger partial charge is 0.253 e. The van der Waals surface area contributed by atoms with E-state index >= 15 is 0 Å². The summed E-state index contributed by atoms with van der Waals surface area (Å²) in [7, 11) is 1.59. The first-order valence-electron chi connectivity index (χ1n) is 10.3. The van der Waals surface area contributed by atoms with Gasteiger partial charge in [0.25, 0.3) is 5.91 Å². The van der Waals surface area contributed by atoms with Gasteiger partial charge in [0, 0.05) is 31.0 Å². The van der Waals surface area contributed by atoms with Gasteiger partial charge in [0.1, 0.15) is 12.4 Å². The van der Waals surface area contributed by atoms with Crippen molar-refractivity contribution in [1.29, 1.82) is 0 Å². The Bertz CT molecular complexity index is 917. The normalized spacial score (nSPS) is 14.7. The lowest BCUT2D eigenvalue weighted by Crippen LogP contribution is -2.33. The van der Waals surface area contributed by atoms with Crippen molar-refractivity contribution in [2.45, 2.75) is 19.4 Å². The van der Waals surface area contributed by atoms with Crippen LogP contribution < -0.4 is 20.7 Å². The van der Waals surface area contributed by atoms with Gasteiger partial charge in [-0.1, -0.05) is 23.2 Å². The summed E-state index contributed by atoms with van der Waals surface area (Å²) < 4.78 is 5.66. The number of nitrogens with zero attached hydrogens (tertiary/aromatic N) is 2. The van der Waals surface area contributed by atoms with Crippen LogP contribution in [0.1, 0.15) is 28.9 Å². The molecular weight excluding hydrogens is 437 g/mol. The van der Waals surface area contributed by atoms with Crippen molar-refractivity contribution < 1.29 is 9.53 Å². The van der Waals surface area contributed by atoms with Gasteiger partial charge in [-0.05, 0) is 62.7 Å². The molecule has 0 aliphatic carbocycles. The number of piperidine rings is 1. The topological polar surface area (TPSA) is 87.6 Å². The number of hydrogen-bond acceptors (Lipinski definition) is 6. The average molecular weight is 464 g/mol. The van der Waals surface area contributed by atoms with Crippen LogP contribution in [0, 0.1) is 5.92 Å². The molecule has 0 bridgehead atoms. The summed E-state index contributed by atoms with van der Waals surface area (Å²) in [5.74, 6) is 0.947. The monoisotopic (exact) mass is 463 g/mol. The van der Waals surface area contributed by atoms with Gasteiger partial charge in [-0.15, -0.1) is 0 Å². The number of halogens is 2. The lowest BCUT2D eigenvalue weighted by atomic mass is 9.98. The molecule has 1 aliphatic heterocycles. The van der Waals surface area contributed by atoms with Gasteiger partial charge in [0.15, 0.2) is 0 Å². The molecule has 1 aromatic heterocycles. The van der Waals surface area contributed by atoms with E-state index in [-0.39, 0.29) is 12.5 Å². The molecule has 1 saturated heterocycles. The van der Waals surface area contributed by atoms with Crippen LogP contribution in [0.4, 0.5) is 5.69 Å². The summed E-state index contributed by atoms with van der Waals surface area (Å²) in [6, 6.07) is 6.69. The van der Waals surface area contributed by atoms with Gasteiger partial charge in [-0.3, -0.25) is 14.8 Å². The Labute approximate surface area is 192 Å². The zero-order valence-corrected chi connectivity index (χ0v) is 19.0. The van der Waals surface area contributed by atoms with Crippen molar-refractivity contribution in [3.8, 4) is 5.75 Å². The number of carbonyl (C=O) groups is 1. The van der Waals surface area contributed by atoms with Crippen molar-refractivity contribution in [1.82, 2.24) is 20.9 Å². The lowest BCUT2D eigenvalue weighted by Gasteiger charge is -2.22. The first-order valence-corrected chi connectivity index (χ1v) is 11.1. The quantitative estimate of drug-likeness (QED) is 0.494. The van der Waals surface area contributed by atoms with Gasteiger partial charge in [-0.2, -0.15) is 0 Å². The Balaban J connectivity index is 1.68. The third kappa shape index (κ3) is 6.90. The van der Waals surface area contributed by atoms with E-state index in [0.29, 0.717) is 39.5 Å². The standard InChI is InChI=1S/C22H27Cl2N5O2/c1-25-22(30)17-6-9-28-19(14-27-13-15-4-7-26-8-5-15)21(17)29-10-11-31-20-3-2-16(23)12-18(20)24/h2-3,6,9-10,12,15,26-27H,4-5,7-8,11,13-14H2,1H3,(H,25,30). The predicted molar refractivity (Wildman–Crippen MR) is 125 cm³/mol. The number of aliphatic imine (C=N–C) groups is 1. The maximum Gasteiger partial charge on any atom is 0.253 e. The molecule has 3 N–H and O–H groups in total. The Morgan fingerprint density at radius 1 is 1.32 bits per heavy atom. The fourth-order valence-corrected chi connectivity index (χ4v) is 3.88. The highest BCUT2D eigenvalue weighted by molar-refractivity contribution is 6.35. The maximum atomic E-state index is 12.3. The summed E-state index contributed by atoms with van der Waals surface area (Å²) in [6.45, 7) is 3.75. The van der Waals surface area contributed by atoms with E-state index in [1.54, 1.807) is 43.7 Å². The molecule has 2 heterocycles. The highest BCUT2D eigenvalue weighted by Gasteiger charge is 2.16. The highest BCUT2D eigenvalue weighted by atomic mass is 35.5. The van der Waals surface area contributed by atoms with E-state index in [0.717, 1.165) is 38.2 Å². The summed E-state index contributed by atoms with van der Waals surface area (Å²) >= 11 is 12.0. The minimum absolute atomic E-state index is 0.186. The molecule has 31 heavy (non-hydrogen) atoms. The number of rotatable bonds is 9. The van der Waals surface area contributed by atoms with E-state index in [1.807, 2.05) is 0 Å². The number of aromatic nitrogens is 1. The number of carbonyl (C=O) groups excluding carboxylic acids is 1. The molecule has 9 heteroatoms. The Kier molecular flexibility index (Phi) is 9.09. The average Bonchev–Trinajstić information content (AvgIpc) is 2.78. The van der Waals surface area contributed by atoms with Crippen LogP contribution in [0.5, 0.6) is 5.75 Å². The molecule has 0 unspecified atom stereocenters. The fraction of sp³-hybridized carbons (Fsp3) is 0.409. The van der Waals surface area contributed by atoms with Crippen LogP contribution in [-0.2, 0) is 6.54 Å². The Hall–Kier alpha value is -2.19. The molecule has 1 aromatic carbocycles. The number of nitrogens with one attached hydrogen (secondary N) is 3. The van der Waals surface area contributed by atoms with Crippen LogP contribution in [0.25, 0.3) is 0 Å². The molecule has 0 spiro atoms. The molecule has 2 aromatic rings. The number of ether oxygens (including phenoxy) is 1. The first kappa shape index (κ1) is 23.5. The summed E-state index contributed by atoms with van der Waals surface area (Å²) in [5.41, 5.74) is 1.72. The lowest BCUT2D eigenvalue weighted by molar-refractivity contribution is 0.0963. The van der Waals surface area contributed by atoms with Crippen molar-refractivity contribution in [2.24, 2.45) is 10.9 Å². The van der Waals surface area contributed by atoms with Crippen LogP contribution in [-0.4, -0.2) is 50.4 Å². The van der Waals surface area contributed by atoms with E-state index in [2.05, 4.69) is 25.9 Å². The SMILES string of the molecule is CNC(=O)c1ccnc(CNCC2CCNCC2)c1N=CCOc1ccc(Cl)cc1Cl. The molecule has 0 saturated carbocycles. The molecule has 7 nitrogen and oxygen atoms in total. The second-order valence-electron chi connectivity index (χ2n) is 7.25. The summed E-state index contributed by atoms with van der Waals surface area (Å²) in [4.78, 5) is 21.3. The zero-order chi connectivity index (χ0) is 22.1. The Morgan fingerprint density at radius 3 is 2.87 bits per heavy atom.